The second-order valence-electron chi connectivity index (χ2n) is 8.17. The van der Waals surface area contributed by atoms with Gasteiger partial charge in [0.1, 0.15) is 18.1 Å². The van der Waals surface area contributed by atoms with Crippen molar-refractivity contribution in [3.63, 3.8) is 0 Å². The van der Waals surface area contributed by atoms with Crippen LogP contribution in [0.25, 0.3) is 10.9 Å². The predicted molar refractivity (Wildman–Crippen MR) is 125 cm³/mol. The quantitative estimate of drug-likeness (QED) is 0.511. The van der Waals surface area contributed by atoms with Gasteiger partial charge in [-0.3, -0.25) is 4.79 Å². The van der Waals surface area contributed by atoms with E-state index in [9.17, 15) is 9.59 Å². The Labute approximate surface area is 192 Å². The summed E-state index contributed by atoms with van der Waals surface area (Å²) in [5, 5.41) is 0.449. The van der Waals surface area contributed by atoms with E-state index in [0.29, 0.717) is 46.0 Å². The number of ether oxygens (including phenoxy) is 4. The number of hydrogen-bond acceptors (Lipinski definition) is 6. The van der Waals surface area contributed by atoms with Crippen LogP contribution in [0.2, 0.25) is 0 Å². The van der Waals surface area contributed by atoms with Crippen LogP contribution in [-0.2, 0) is 16.1 Å². The van der Waals surface area contributed by atoms with E-state index in [2.05, 4.69) is 4.98 Å². The molecular weight excluding hydrogens is 422 g/mol. The summed E-state index contributed by atoms with van der Waals surface area (Å²) < 4.78 is 22.3. The predicted octanol–water partition coefficient (Wildman–Crippen LogP) is 4.40. The number of carbonyl (C=O) groups is 1. The average molecular weight is 452 g/mol. The zero-order valence-electron chi connectivity index (χ0n) is 19.0. The van der Waals surface area contributed by atoms with Gasteiger partial charge in [0, 0.05) is 35.7 Å². The summed E-state index contributed by atoms with van der Waals surface area (Å²) in [6.45, 7) is 6.24. The van der Waals surface area contributed by atoms with E-state index in [1.807, 2.05) is 24.3 Å². The van der Waals surface area contributed by atoms with E-state index >= 15 is 0 Å². The number of aromatic nitrogens is 1. The standard InChI is InChI=1S/C26H29NO6/c1-3-31-26(29)19-7-8-23-22(13-19)25(28)17(2)24(27-23)16-33-21-6-4-5-20(14-21)32-15-18-9-11-30-12-10-18/h4-8,13-14,18H,3,9-12,15-16H2,1-2H3,(H,27,28). The zero-order chi connectivity index (χ0) is 23.2. The Morgan fingerprint density at radius 3 is 2.61 bits per heavy atom. The Kier molecular flexibility index (Phi) is 7.29. The number of H-pyrrole nitrogens is 1. The molecule has 1 aromatic heterocycles. The summed E-state index contributed by atoms with van der Waals surface area (Å²) in [5.74, 6) is 1.49. The number of carbonyl (C=O) groups excluding carboxylic acids is 1. The van der Waals surface area contributed by atoms with Gasteiger partial charge in [0.05, 0.1) is 24.5 Å². The molecule has 2 heterocycles. The van der Waals surface area contributed by atoms with Gasteiger partial charge < -0.3 is 23.9 Å². The molecule has 33 heavy (non-hydrogen) atoms. The van der Waals surface area contributed by atoms with E-state index in [1.54, 1.807) is 32.0 Å². The van der Waals surface area contributed by atoms with Crippen LogP contribution in [0.5, 0.6) is 11.5 Å². The third kappa shape index (κ3) is 5.54. The third-order valence-corrected chi connectivity index (χ3v) is 5.87. The van der Waals surface area contributed by atoms with Gasteiger partial charge in [0.15, 0.2) is 5.43 Å². The number of aromatic amines is 1. The molecule has 1 N–H and O–H groups in total. The number of nitrogens with one attached hydrogen (secondary N) is 1. The number of hydrogen-bond donors (Lipinski definition) is 1. The molecule has 1 aliphatic rings. The summed E-state index contributed by atoms with van der Waals surface area (Å²) in [4.78, 5) is 28.2. The van der Waals surface area contributed by atoms with Crippen LogP contribution in [0.4, 0.5) is 0 Å². The van der Waals surface area contributed by atoms with Crippen LogP contribution in [0, 0.1) is 12.8 Å². The van der Waals surface area contributed by atoms with Crippen molar-refractivity contribution in [2.24, 2.45) is 5.92 Å². The lowest BCUT2D eigenvalue weighted by Gasteiger charge is -2.22. The lowest BCUT2D eigenvalue weighted by molar-refractivity contribution is 0.0497. The number of esters is 1. The third-order valence-electron chi connectivity index (χ3n) is 5.87. The first-order valence-electron chi connectivity index (χ1n) is 11.3. The normalized spacial score (nSPS) is 14.2. The molecule has 7 heteroatoms. The summed E-state index contributed by atoms with van der Waals surface area (Å²) in [6.07, 6.45) is 2.04. The van der Waals surface area contributed by atoms with Crippen molar-refractivity contribution in [2.45, 2.75) is 33.3 Å². The molecule has 0 bridgehead atoms. The first-order chi connectivity index (χ1) is 16.0. The number of fused-ring (bicyclic) bond motifs is 1. The van der Waals surface area contributed by atoms with Crippen LogP contribution in [-0.4, -0.2) is 37.4 Å². The maximum absolute atomic E-state index is 12.9. The SMILES string of the molecule is CCOC(=O)c1ccc2[nH]c(COc3cccc(OCC4CCOCC4)c3)c(C)c(=O)c2c1. The Morgan fingerprint density at radius 1 is 1.09 bits per heavy atom. The van der Waals surface area contributed by atoms with Gasteiger partial charge in [-0.2, -0.15) is 0 Å². The van der Waals surface area contributed by atoms with Crippen LogP contribution in [0.1, 0.15) is 41.4 Å². The lowest BCUT2D eigenvalue weighted by Crippen LogP contribution is -2.21. The molecule has 0 spiro atoms. The molecule has 1 aliphatic heterocycles. The molecule has 0 radical (unpaired) electrons. The largest absolute Gasteiger partial charge is 0.493 e. The highest BCUT2D eigenvalue weighted by Crippen LogP contribution is 2.23. The number of rotatable bonds is 8. The first kappa shape index (κ1) is 22.9. The molecule has 0 unspecified atom stereocenters. The maximum atomic E-state index is 12.9. The number of pyridine rings is 1. The van der Waals surface area contributed by atoms with Crippen LogP contribution in [0.15, 0.2) is 47.3 Å². The van der Waals surface area contributed by atoms with Crippen molar-refractivity contribution in [1.82, 2.24) is 4.98 Å². The van der Waals surface area contributed by atoms with Crippen molar-refractivity contribution in [3.8, 4) is 11.5 Å². The van der Waals surface area contributed by atoms with E-state index in [4.69, 9.17) is 18.9 Å². The van der Waals surface area contributed by atoms with Crippen LogP contribution in [0.3, 0.4) is 0 Å². The van der Waals surface area contributed by atoms with Crippen LogP contribution >= 0.6 is 0 Å². The lowest BCUT2D eigenvalue weighted by atomic mass is 10.0. The number of benzene rings is 2. The molecule has 0 amide bonds. The Hall–Kier alpha value is -3.32. The highest BCUT2D eigenvalue weighted by Gasteiger charge is 2.15. The maximum Gasteiger partial charge on any atom is 0.338 e. The summed E-state index contributed by atoms with van der Waals surface area (Å²) in [7, 11) is 0. The summed E-state index contributed by atoms with van der Waals surface area (Å²) in [6, 6.07) is 12.5. The van der Waals surface area contributed by atoms with Gasteiger partial charge in [-0.25, -0.2) is 4.79 Å². The topological polar surface area (TPSA) is 86.9 Å². The van der Waals surface area contributed by atoms with Crippen molar-refractivity contribution in [2.75, 3.05) is 26.4 Å². The monoisotopic (exact) mass is 451 g/mol. The van der Waals surface area contributed by atoms with Gasteiger partial charge in [-0.1, -0.05) is 6.07 Å². The van der Waals surface area contributed by atoms with Crippen molar-refractivity contribution >= 4 is 16.9 Å². The Morgan fingerprint density at radius 2 is 1.85 bits per heavy atom. The van der Waals surface area contributed by atoms with Gasteiger partial charge in [0.2, 0.25) is 0 Å². The highest BCUT2D eigenvalue weighted by atomic mass is 16.5. The van der Waals surface area contributed by atoms with Crippen molar-refractivity contribution in [1.29, 1.82) is 0 Å². The van der Waals surface area contributed by atoms with Crippen molar-refractivity contribution < 1.29 is 23.7 Å². The van der Waals surface area contributed by atoms with Crippen LogP contribution < -0.4 is 14.9 Å². The second-order valence-corrected chi connectivity index (χ2v) is 8.17. The minimum Gasteiger partial charge on any atom is -0.493 e. The van der Waals surface area contributed by atoms with Gasteiger partial charge in [0.25, 0.3) is 0 Å². The fraction of sp³-hybridized carbons (Fsp3) is 0.385. The zero-order valence-corrected chi connectivity index (χ0v) is 19.0. The smallest absolute Gasteiger partial charge is 0.338 e. The molecule has 1 saturated heterocycles. The molecule has 3 aromatic rings. The molecule has 0 aliphatic carbocycles. The van der Waals surface area contributed by atoms with Gasteiger partial charge >= 0.3 is 5.97 Å². The van der Waals surface area contributed by atoms with E-state index in [0.717, 1.165) is 31.8 Å². The highest BCUT2D eigenvalue weighted by molar-refractivity contribution is 5.94. The first-order valence-corrected chi connectivity index (χ1v) is 11.3. The minimum absolute atomic E-state index is 0.137. The molecule has 2 aromatic carbocycles. The molecule has 7 nitrogen and oxygen atoms in total. The van der Waals surface area contributed by atoms with E-state index < -0.39 is 5.97 Å². The molecule has 4 rings (SSSR count). The van der Waals surface area contributed by atoms with E-state index in [1.165, 1.54) is 0 Å². The average Bonchev–Trinajstić information content (AvgIpc) is 2.85. The summed E-state index contributed by atoms with van der Waals surface area (Å²) >= 11 is 0. The Bertz CT molecular complexity index is 1180. The molecule has 0 atom stereocenters. The Balaban J connectivity index is 1.45. The molecule has 174 valence electrons. The molecule has 1 fully saturated rings. The van der Waals surface area contributed by atoms with Crippen molar-refractivity contribution in [3.05, 3.63) is 69.5 Å². The molecule has 0 saturated carbocycles. The fourth-order valence-corrected chi connectivity index (χ4v) is 3.86. The van der Waals surface area contributed by atoms with Gasteiger partial charge in [-0.05, 0) is 62.9 Å². The fourth-order valence-electron chi connectivity index (χ4n) is 3.86. The second kappa shape index (κ2) is 10.5. The minimum atomic E-state index is -0.442. The van der Waals surface area contributed by atoms with Gasteiger partial charge in [-0.15, -0.1) is 0 Å². The molecular formula is C26H29NO6. The summed E-state index contributed by atoms with van der Waals surface area (Å²) in [5.41, 5.74) is 2.10. The van der Waals surface area contributed by atoms with E-state index in [-0.39, 0.29) is 18.6 Å².